The van der Waals surface area contributed by atoms with Gasteiger partial charge >= 0.3 is 5.97 Å². The molecule has 3 aromatic rings. The smallest absolute Gasteiger partial charge is 0.337 e. The predicted octanol–water partition coefficient (Wildman–Crippen LogP) is 3.71. The van der Waals surface area contributed by atoms with Crippen LogP contribution in [-0.4, -0.2) is 46.2 Å². The summed E-state index contributed by atoms with van der Waals surface area (Å²) < 4.78 is 1.61. The molecule has 39 heavy (non-hydrogen) atoms. The van der Waals surface area contributed by atoms with Crippen molar-refractivity contribution in [1.29, 1.82) is 0 Å². The first-order valence-corrected chi connectivity index (χ1v) is 13.9. The molecule has 1 aliphatic heterocycles. The van der Waals surface area contributed by atoms with Crippen molar-refractivity contribution >= 4 is 34.4 Å². The van der Waals surface area contributed by atoms with Crippen LogP contribution in [0.15, 0.2) is 41.2 Å². The third-order valence-electron chi connectivity index (χ3n) is 8.90. The van der Waals surface area contributed by atoms with Gasteiger partial charge in [0, 0.05) is 43.9 Å². The molecule has 3 fully saturated rings. The lowest BCUT2D eigenvalue weighted by Gasteiger charge is -2.26. The van der Waals surface area contributed by atoms with E-state index in [0.717, 1.165) is 17.7 Å². The Morgan fingerprint density at radius 1 is 1.15 bits per heavy atom. The zero-order valence-electron chi connectivity index (χ0n) is 22.6. The van der Waals surface area contributed by atoms with E-state index in [0.29, 0.717) is 53.4 Å². The molecule has 3 atom stereocenters. The predicted molar refractivity (Wildman–Crippen MR) is 150 cm³/mol. The summed E-state index contributed by atoms with van der Waals surface area (Å²) in [6.45, 7) is 6.10. The molecule has 9 nitrogen and oxygen atoms in total. The van der Waals surface area contributed by atoms with E-state index in [-0.39, 0.29) is 29.0 Å². The van der Waals surface area contributed by atoms with Crippen molar-refractivity contribution < 1.29 is 14.7 Å². The lowest BCUT2D eigenvalue weighted by molar-refractivity contribution is -0.123. The number of amides is 1. The van der Waals surface area contributed by atoms with Gasteiger partial charge in [0.15, 0.2) is 0 Å². The molecule has 3 unspecified atom stereocenters. The van der Waals surface area contributed by atoms with Gasteiger partial charge in [0.05, 0.1) is 22.5 Å². The van der Waals surface area contributed by atoms with Gasteiger partial charge in [-0.3, -0.25) is 14.2 Å². The summed E-state index contributed by atoms with van der Waals surface area (Å²) in [5.74, 6) is 1.08. The topological polar surface area (TPSA) is 117 Å². The Morgan fingerprint density at radius 2 is 1.87 bits per heavy atom. The van der Waals surface area contributed by atoms with Crippen LogP contribution in [-0.2, 0) is 11.8 Å². The first-order chi connectivity index (χ1) is 18.7. The zero-order valence-corrected chi connectivity index (χ0v) is 22.6. The fourth-order valence-electron chi connectivity index (χ4n) is 6.40. The third-order valence-corrected chi connectivity index (χ3v) is 8.90. The van der Waals surface area contributed by atoms with Crippen LogP contribution in [0.2, 0.25) is 0 Å². The van der Waals surface area contributed by atoms with E-state index in [1.54, 1.807) is 35.9 Å². The number of nitrogens with one attached hydrogen (secondary N) is 2. The van der Waals surface area contributed by atoms with E-state index in [1.807, 2.05) is 26.0 Å². The lowest BCUT2D eigenvalue weighted by Crippen LogP contribution is -2.37. The van der Waals surface area contributed by atoms with Crippen molar-refractivity contribution in [2.45, 2.75) is 39.2 Å². The van der Waals surface area contributed by atoms with E-state index >= 15 is 0 Å². The number of carboxylic acid groups (broad SMARTS) is 1. The Kier molecular flexibility index (Phi) is 6.32. The molecule has 3 N–H and O–H groups in total. The molecule has 1 saturated heterocycles. The molecule has 0 radical (unpaired) electrons. The maximum atomic E-state index is 13.5. The van der Waals surface area contributed by atoms with Crippen molar-refractivity contribution in [2.75, 3.05) is 29.9 Å². The normalized spacial score (nSPS) is 22.7. The highest BCUT2D eigenvalue weighted by Gasteiger charge is 2.59. The summed E-state index contributed by atoms with van der Waals surface area (Å²) in [6, 6.07) is 10.4. The lowest BCUT2D eigenvalue weighted by atomic mass is 9.85. The first kappa shape index (κ1) is 25.4. The number of carbonyl (C=O) groups is 2. The summed E-state index contributed by atoms with van der Waals surface area (Å²) in [5.41, 5.74) is 2.96. The van der Waals surface area contributed by atoms with Crippen molar-refractivity contribution in [3.8, 4) is 0 Å². The number of benzene rings is 2. The molecule has 2 heterocycles. The second kappa shape index (κ2) is 9.70. The summed E-state index contributed by atoms with van der Waals surface area (Å²) in [4.78, 5) is 45.1. The second-order valence-corrected chi connectivity index (χ2v) is 11.5. The SMILES string of the molecule is Cc1cc(C(C)Nc2ccccc2C(=O)O)c2nc(N3CC4C(C3)C4C(=O)NCC3CCC3)n(C)c(=O)c2c1. The Bertz CT molecular complexity index is 1520. The van der Waals surface area contributed by atoms with Gasteiger partial charge in [-0.1, -0.05) is 24.6 Å². The van der Waals surface area contributed by atoms with E-state index in [4.69, 9.17) is 4.98 Å². The summed E-state index contributed by atoms with van der Waals surface area (Å²) in [6.07, 6.45) is 3.71. The number of fused-ring (bicyclic) bond motifs is 2. The van der Waals surface area contributed by atoms with Crippen molar-refractivity contribution in [3.05, 3.63) is 63.4 Å². The van der Waals surface area contributed by atoms with Gasteiger partial charge in [0.25, 0.3) is 5.56 Å². The summed E-state index contributed by atoms with van der Waals surface area (Å²) in [5, 5.41) is 16.6. The Morgan fingerprint density at radius 3 is 2.54 bits per heavy atom. The van der Waals surface area contributed by atoms with E-state index in [1.165, 1.54) is 19.3 Å². The van der Waals surface area contributed by atoms with Gasteiger partial charge in [0.2, 0.25) is 11.9 Å². The van der Waals surface area contributed by atoms with Crippen LogP contribution < -0.4 is 21.1 Å². The van der Waals surface area contributed by atoms with Crippen LogP contribution in [0.1, 0.15) is 53.7 Å². The van der Waals surface area contributed by atoms with Crippen LogP contribution >= 0.6 is 0 Å². The number of anilines is 2. The van der Waals surface area contributed by atoms with Gasteiger partial charge in [-0.2, -0.15) is 0 Å². The molecule has 1 aromatic heterocycles. The molecule has 0 bridgehead atoms. The van der Waals surface area contributed by atoms with Crippen LogP contribution in [0.4, 0.5) is 11.6 Å². The number of piperidine rings is 1. The highest BCUT2D eigenvalue weighted by Crippen LogP contribution is 2.52. The average Bonchev–Trinajstić information content (AvgIpc) is 3.38. The molecule has 2 saturated carbocycles. The zero-order chi connectivity index (χ0) is 27.4. The highest BCUT2D eigenvalue weighted by molar-refractivity contribution is 5.94. The van der Waals surface area contributed by atoms with E-state index in [9.17, 15) is 19.5 Å². The van der Waals surface area contributed by atoms with Crippen molar-refractivity contribution in [3.63, 3.8) is 0 Å². The van der Waals surface area contributed by atoms with Crippen LogP contribution in [0.3, 0.4) is 0 Å². The van der Waals surface area contributed by atoms with Crippen LogP contribution in [0, 0.1) is 30.6 Å². The molecule has 0 spiro atoms. The molecular weight excluding hydrogens is 494 g/mol. The van der Waals surface area contributed by atoms with Gasteiger partial charge in [-0.25, -0.2) is 9.78 Å². The molecular formula is C30H35N5O4. The Balaban J connectivity index is 1.26. The molecule has 2 aromatic carbocycles. The number of nitrogens with zero attached hydrogens (tertiary/aromatic N) is 3. The minimum Gasteiger partial charge on any atom is -0.478 e. The number of carboxylic acids is 1. The highest BCUT2D eigenvalue weighted by atomic mass is 16.4. The Hall–Kier alpha value is -3.88. The minimum absolute atomic E-state index is 0.0653. The maximum Gasteiger partial charge on any atom is 0.337 e. The monoisotopic (exact) mass is 529 g/mol. The second-order valence-electron chi connectivity index (χ2n) is 11.5. The number of hydrogen-bond donors (Lipinski definition) is 3. The van der Waals surface area contributed by atoms with Crippen LogP contribution in [0.25, 0.3) is 10.9 Å². The number of carbonyl (C=O) groups excluding carboxylic acids is 1. The number of aryl methyl sites for hydroxylation is 1. The summed E-state index contributed by atoms with van der Waals surface area (Å²) >= 11 is 0. The fourth-order valence-corrected chi connectivity index (χ4v) is 6.40. The van der Waals surface area contributed by atoms with Gasteiger partial charge in [-0.15, -0.1) is 0 Å². The fraction of sp³-hybridized carbons (Fsp3) is 0.467. The van der Waals surface area contributed by atoms with E-state index < -0.39 is 5.97 Å². The first-order valence-electron chi connectivity index (χ1n) is 13.9. The number of aromatic nitrogens is 2. The molecule has 9 heteroatoms. The number of para-hydroxylation sites is 1. The van der Waals surface area contributed by atoms with Crippen LogP contribution in [0.5, 0.6) is 0 Å². The summed E-state index contributed by atoms with van der Waals surface area (Å²) in [7, 11) is 1.75. The molecule has 2 aliphatic carbocycles. The largest absolute Gasteiger partial charge is 0.478 e. The molecule has 204 valence electrons. The average molecular weight is 530 g/mol. The number of hydrogen-bond acceptors (Lipinski definition) is 6. The van der Waals surface area contributed by atoms with Gasteiger partial charge < -0.3 is 20.6 Å². The van der Waals surface area contributed by atoms with Crippen molar-refractivity contribution in [2.24, 2.45) is 30.7 Å². The van der Waals surface area contributed by atoms with Crippen molar-refractivity contribution in [1.82, 2.24) is 14.9 Å². The van der Waals surface area contributed by atoms with Gasteiger partial charge in [0.1, 0.15) is 0 Å². The third kappa shape index (κ3) is 4.53. The Labute approximate surface area is 227 Å². The quantitative estimate of drug-likeness (QED) is 0.407. The van der Waals surface area contributed by atoms with E-state index in [2.05, 4.69) is 15.5 Å². The standard InChI is InChI=1S/C30H35N5O4/c1-16-11-20(17(2)32-24-10-5-4-9-19(24)29(38)39)26-21(12-16)28(37)34(3)30(33-26)35-14-22-23(15-35)25(22)27(36)31-13-18-7-6-8-18/h4-5,9-12,17-18,22-23,25,32H,6-8,13-15H2,1-3H3,(H,31,36)(H,38,39). The minimum atomic E-state index is -1.00. The molecule has 3 aliphatic rings. The molecule has 6 rings (SSSR count). The van der Waals surface area contributed by atoms with Gasteiger partial charge in [-0.05, 0) is 68.2 Å². The molecule has 1 amide bonds. The number of rotatable bonds is 8. The number of aromatic carboxylic acids is 1. The maximum absolute atomic E-state index is 13.5.